The van der Waals surface area contributed by atoms with Crippen LogP contribution in [0.4, 0.5) is 4.39 Å². The molecule has 0 spiro atoms. The predicted molar refractivity (Wildman–Crippen MR) is 145 cm³/mol. The van der Waals surface area contributed by atoms with Crippen LogP contribution in [0.3, 0.4) is 0 Å². The van der Waals surface area contributed by atoms with Gasteiger partial charge in [-0.25, -0.2) is 4.39 Å². The van der Waals surface area contributed by atoms with Crippen LogP contribution in [0, 0.1) is 9.39 Å². The summed E-state index contributed by atoms with van der Waals surface area (Å²) in [6.45, 7) is 1.29. The molecule has 3 rings (SSSR count). The Hall–Kier alpha value is -3.03. The third-order valence-corrected chi connectivity index (χ3v) is 6.98. The number of aliphatic hydroxyl groups is 2. The maximum Gasteiger partial charge on any atom is 0.247 e. The minimum Gasteiger partial charge on any atom is -0.493 e. The number of halogens is 2. The van der Waals surface area contributed by atoms with Gasteiger partial charge in [0.25, 0.3) is 0 Å². The first-order valence-corrected chi connectivity index (χ1v) is 13.1. The minimum absolute atomic E-state index is 0.0145. The molecule has 0 saturated heterocycles. The number of ether oxygens (including phenoxy) is 2. The predicted octanol–water partition coefficient (Wildman–Crippen LogP) is 2.61. The van der Waals surface area contributed by atoms with Crippen molar-refractivity contribution in [2.75, 3.05) is 20.3 Å². The van der Waals surface area contributed by atoms with Gasteiger partial charge in [-0.05, 0) is 46.9 Å². The lowest BCUT2D eigenvalue weighted by Gasteiger charge is -2.40. The van der Waals surface area contributed by atoms with E-state index in [9.17, 15) is 23.9 Å². The standard InChI is InChI=1S/C27H30FIN2O7/c1-3-24(34)31(14-17-6-4-5-7-19(17)28)21-12-18(27(36)30-8-9-32)13-22(25(21)35)38-26-20(29)10-16(15-33)11-23(26)37-2/h4-7,10-11,13,15,21-22,25,32,35H,3,8-9,12,14H2,1-2H3,(H,30,36)/t21-,22+,25+/m1/s1. The number of methoxy groups -OCH3 is 1. The molecule has 0 bridgehead atoms. The smallest absolute Gasteiger partial charge is 0.247 e. The van der Waals surface area contributed by atoms with Crippen LogP contribution in [0.1, 0.15) is 35.7 Å². The molecule has 2 aromatic carbocycles. The molecule has 3 N–H and O–H groups in total. The fourth-order valence-corrected chi connectivity index (χ4v) is 4.99. The quantitative estimate of drug-likeness (QED) is 0.255. The van der Waals surface area contributed by atoms with Crippen LogP contribution >= 0.6 is 22.6 Å². The summed E-state index contributed by atoms with van der Waals surface area (Å²) in [4.78, 5) is 38.6. The summed E-state index contributed by atoms with van der Waals surface area (Å²) in [6.07, 6.45) is -0.178. The second-order valence-corrected chi connectivity index (χ2v) is 9.80. The van der Waals surface area contributed by atoms with Gasteiger partial charge < -0.3 is 29.9 Å². The molecule has 1 aliphatic rings. The molecule has 0 unspecified atom stereocenters. The number of nitrogens with one attached hydrogen (secondary N) is 1. The maximum absolute atomic E-state index is 14.5. The van der Waals surface area contributed by atoms with Crippen molar-refractivity contribution < 1.29 is 38.5 Å². The molecule has 0 aromatic heterocycles. The van der Waals surface area contributed by atoms with E-state index in [0.717, 1.165) is 0 Å². The van der Waals surface area contributed by atoms with Crippen LogP contribution in [0.15, 0.2) is 48.0 Å². The van der Waals surface area contributed by atoms with E-state index < -0.39 is 30.0 Å². The molecule has 0 aliphatic heterocycles. The van der Waals surface area contributed by atoms with Gasteiger partial charge in [-0.15, -0.1) is 0 Å². The summed E-state index contributed by atoms with van der Waals surface area (Å²) < 4.78 is 26.6. The van der Waals surface area contributed by atoms with E-state index in [1.807, 2.05) is 22.6 Å². The van der Waals surface area contributed by atoms with Crippen molar-refractivity contribution in [3.63, 3.8) is 0 Å². The summed E-state index contributed by atoms with van der Waals surface area (Å²) in [6, 6.07) is 8.19. The van der Waals surface area contributed by atoms with Gasteiger partial charge >= 0.3 is 0 Å². The van der Waals surface area contributed by atoms with Gasteiger partial charge in [-0.3, -0.25) is 14.4 Å². The summed E-state index contributed by atoms with van der Waals surface area (Å²) in [5, 5.41) is 23.2. The summed E-state index contributed by atoms with van der Waals surface area (Å²) in [5.74, 6) is -0.823. The first kappa shape index (κ1) is 29.5. The number of carbonyl (C=O) groups is 3. The van der Waals surface area contributed by atoms with Crippen molar-refractivity contribution in [1.29, 1.82) is 0 Å². The van der Waals surface area contributed by atoms with Crippen LogP contribution in [0.5, 0.6) is 11.5 Å². The number of aldehydes is 1. The van der Waals surface area contributed by atoms with Gasteiger partial charge in [0.15, 0.2) is 11.5 Å². The van der Waals surface area contributed by atoms with E-state index in [1.165, 1.54) is 30.2 Å². The highest BCUT2D eigenvalue weighted by Crippen LogP contribution is 2.37. The SMILES string of the molecule is CCC(=O)N(Cc1ccccc1F)[C@@H]1CC(C(=O)NCCO)=C[C@H](Oc2c(I)cc(C=O)cc2OC)[C@H]1O. The van der Waals surface area contributed by atoms with Gasteiger partial charge in [0, 0.05) is 42.6 Å². The molecule has 2 aromatic rings. The fraction of sp³-hybridized carbons (Fsp3) is 0.370. The Labute approximate surface area is 233 Å². The number of amides is 2. The van der Waals surface area contributed by atoms with Crippen molar-refractivity contribution in [1.82, 2.24) is 10.2 Å². The highest BCUT2D eigenvalue weighted by Gasteiger charge is 2.41. The molecule has 1 aliphatic carbocycles. The molecular weight excluding hydrogens is 610 g/mol. The van der Waals surface area contributed by atoms with Crippen LogP contribution < -0.4 is 14.8 Å². The average molecular weight is 640 g/mol. The molecule has 2 amide bonds. The van der Waals surface area contributed by atoms with Crippen LogP contribution in [-0.4, -0.2) is 71.7 Å². The van der Waals surface area contributed by atoms with Crippen molar-refractivity contribution in [3.8, 4) is 11.5 Å². The molecule has 0 radical (unpaired) electrons. The van der Waals surface area contributed by atoms with E-state index in [0.29, 0.717) is 15.4 Å². The number of benzene rings is 2. The van der Waals surface area contributed by atoms with E-state index in [4.69, 9.17) is 14.6 Å². The summed E-state index contributed by atoms with van der Waals surface area (Å²) in [5.41, 5.74) is 0.866. The normalized spacial score (nSPS) is 18.8. The van der Waals surface area contributed by atoms with Crippen molar-refractivity contribution in [2.45, 2.75) is 44.6 Å². The van der Waals surface area contributed by atoms with Gasteiger partial charge in [-0.1, -0.05) is 25.1 Å². The molecule has 0 heterocycles. The fourth-order valence-electron chi connectivity index (χ4n) is 4.24. The molecule has 0 saturated carbocycles. The Balaban J connectivity index is 2.04. The number of hydrogen-bond donors (Lipinski definition) is 3. The van der Waals surface area contributed by atoms with E-state index >= 15 is 0 Å². The van der Waals surface area contributed by atoms with Gasteiger partial charge in [-0.2, -0.15) is 0 Å². The Morgan fingerprint density at radius 1 is 1.29 bits per heavy atom. The lowest BCUT2D eigenvalue weighted by atomic mass is 9.87. The topological polar surface area (TPSA) is 125 Å². The van der Waals surface area contributed by atoms with E-state index in [-0.39, 0.29) is 61.1 Å². The number of hydrogen-bond acceptors (Lipinski definition) is 7. The number of aliphatic hydroxyl groups excluding tert-OH is 2. The average Bonchev–Trinajstić information content (AvgIpc) is 2.92. The van der Waals surface area contributed by atoms with Crippen molar-refractivity contribution >= 4 is 40.7 Å². The first-order valence-electron chi connectivity index (χ1n) is 12.0. The van der Waals surface area contributed by atoms with Gasteiger partial charge in [0.2, 0.25) is 11.8 Å². The molecule has 11 heteroatoms. The van der Waals surface area contributed by atoms with Gasteiger partial charge in [0.05, 0.1) is 23.3 Å². The third kappa shape index (κ3) is 6.88. The molecule has 204 valence electrons. The second-order valence-electron chi connectivity index (χ2n) is 8.63. The van der Waals surface area contributed by atoms with Gasteiger partial charge in [0.1, 0.15) is 24.3 Å². The van der Waals surface area contributed by atoms with Crippen LogP contribution in [-0.2, 0) is 16.1 Å². The number of rotatable bonds is 11. The summed E-state index contributed by atoms with van der Waals surface area (Å²) >= 11 is 1.97. The Morgan fingerprint density at radius 2 is 2.03 bits per heavy atom. The second kappa shape index (κ2) is 13.7. The Kier molecular flexibility index (Phi) is 10.6. The number of carbonyl (C=O) groups excluding carboxylic acids is 3. The Bertz CT molecular complexity index is 1210. The summed E-state index contributed by atoms with van der Waals surface area (Å²) in [7, 11) is 1.41. The molecule has 0 fully saturated rings. The van der Waals surface area contributed by atoms with Crippen LogP contribution in [0.2, 0.25) is 0 Å². The molecule has 38 heavy (non-hydrogen) atoms. The van der Waals surface area contributed by atoms with Crippen molar-refractivity contribution in [2.24, 2.45) is 0 Å². The third-order valence-electron chi connectivity index (χ3n) is 6.18. The molecule has 9 nitrogen and oxygen atoms in total. The lowest BCUT2D eigenvalue weighted by Crippen LogP contribution is -2.54. The minimum atomic E-state index is -1.29. The highest BCUT2D eigenvalue weighted by molar-refractivity contribution is 14.1. The monoisotopic (exact) mass is 640 g/mol. The van der Waals surface area contributed by atoms with Crippen LogP contribution in [0.25, 0.3) is 0 Å². The zero-order chi connectivity index (χ0) is 27.8. The Morgan fingerprint density at radius 3 is 2.66 bits per heavy atom. The molecular formula is C27H30FIN2O7. The zero-order valence-corrected chi connectivity index (χ0v) is 23.2. The number of nitrogens with zero attached hydrogens (tertiary/aromatic N) is 1. The largest absolute Gasteiger partial charge is 0.493 e. The van der Waals surface area contributed by atoms with E-state index in [1.54, 1.807) is 31.2 Å². The zero-order valence-electron chi connectivity index (χ0n) is 21.0. The van der Waals surface area contributed by atoms with Crippen molar-refractivity contribution in [3.05, 3.63) is 68.6 Å². The highest BCUT2D eigenvalue weighted by atomic mass is 127. The lowest BCUT2D eigenvalue weighted by molar-refractivity contribution is -0.139. The van der Waals surface area contributed by atoms with E-state index in [2.05, 4.69) is 5.32 Å². The molecule has 3 atom stereocenters. The maximum atomic E-state index is 14.5. The first-order chi connectivity index (χ1) is 18.2.